The summed E-state index contributed by atoms with van der Waals surface area (Å²) in [4.78, 5) is 22.3. The Morgan fingerprint density at radius 1 is 1.24 bits per heavy atom. The van der Waals surface area contributed by atoms with E-state index in [1.165, 1.54) is 18.2 Å². The maximum absolute atomic E-state index is 12.2. The lowest BCUT2D eigenvalue weighted by Crippen LogP contribution is -2.15. The van der Waals surface area contributed by atoms with Crippen molar-refractivity contribution < 1.29 is 9.72 Å². The van der Waals surface area contributed by atoms with Crippen molar-refractivity contribution in [2.45, 2.75) is 0 Å². The summed E-state index contributed by atoms with van der Waals surface area (Å²) in [6.07, 6.45) is 0. The second-order valence-corrected chi connectivity index (χ2v) is 4.11. The van der Waals surface area contributed by atoms with Gasteiger partial charge in [0, 0.05) is 6.07 Å². The molecule has 0 saturated carbocycles. The molecule has 2 aromatic rings. The SMILES string of the molecule is N#Cc1ccccc1NC(=O)c1cccc([N+](=O)[O-])c1N. The van der Waals surface area contributed by atoms with Gasteiger partial charge in [0.2, 0.25) is 0 Å². The van der Waals surface area contributed by atoms with Crippen molar-refractivity contribution >= 4 is 23.0 Å². The maximum Gasteiger partial charge on any atom is 0.292 e. The number of anilines is 2. The first-order chi connectivity index (χ1) is 10.0. The Labute approximate surface area is 119 Å². The number of nitrogens with one attached hydrogen (secondary N) is 1. The average molecular weight is 282 g/mol. The van der Waals surface area contributed by atoms with E-state index in [0.717, 1.165) is 0 Å². The summed E-state index contributed by atoms with van der Waals surface area (Å²) in [6.45, 7) is 0. The van der Waals surface area contributed by atoms with E-state index in [1.54, 1.807) is 24.3 Å². The normalized spacial score (nSPS) is 9.67. The molecule has 0 radical (unpaired) electrons. The van der Waals surface area contributed by atoms with E-state index in [9.17, 15) is 14.9 Å². The van der Waals surface area contributed by atoms with Crippen molar-refractivity contribution in [1.82, 2.24) is 0 Å². The van der Waals surface area contributed by atoms with E-state index in [2.05, 4.69) is 5.32 Å². The Balaban J connectivity index is 2.36. The monoisotopic (exact) mass is 282 g/mol. The van der Waals surface area contributed by atoms with Gasteiger partial charge in [0.15, 0.2) is 0 Å². The summed E-state index contributed by atoms with van der Waals surface area (Å²) in [6, 6.07) is 12.3. The van der Waals surface area contributed by atoms with Gasteiger partial charge in [-0.05, 0) is 18.2 Å². The van der Waals surface area contributed by atoms with Crippen LogP contribution in [0.15, 0.2) is 42.5 Å². The Hall–Kier alpha value is -3.40. The third-order valence-electron chi connectivity index (χ3n) is 2.82. The molecule has 0 atom stereocenters. The molecule has 0 aliphatic rings. The molecule has 21 heavy (non-hydrogen) atoms. The lowest BCUT2D eigenvalue weighted by molar-refractivity contribution is -0.383. The van der Waals surface area contributed by atoms with Crippen molar-refractivity contribution in [3.63, 3.8) is 0 Å². The molecule has 0 saturated heterocycles. The smallest absolute Gasteiger partial charge is 0.292 e. The summed E-state index contributed by atoms with van der Waals surface area (Å²) in [5.41, 5.74) is 5.68. The van der Waals surface area contributed by atoms with Crippen LogP contribution in [0.2, 0.25) is 0 Å². The highest BCUT2D eigenvalue weighted by Crippen LogP contribution is 2.26. The molecule has 0 unspecified atom stereocenters. The number of carbonyl (C=O) groups is 1. The standard InChI is InChI=1S/C14H10N4O3/c15-8-9-4-1-2-6-11(9)17-14(19)10-5-3-7-12(13(10)16)18(20)21/h1-7H,16H2,(H,17,19). The highest BCUT2D eigenvalue weighted by Gasteiger charge is 2.19. The Kier molecular flexibility index (Phi) is 3.81. The number of benzene rings is 2. The van der Waals surface area contributed by atoms with Gasteiger partial charge in [-0.15, -0.1) is 0 Å². The van der Waals surface area contributed by atoms with Gasteiger partial charge in [-0.1, -0.05) is 18.2 Å². The van der Waals surface area contributed by atoms with E-state index >= 15 is 0 Å². The zero-order chi connectivity index (χ0) is 15.4. The van der Waals surface area contributed by atoms with Crippen LogP contribution in [0.3, 0.4) is 0 Å². The van der Waals surface area contributed by atoms with Crippen molar-refractivity contribution in [2.75, 3.05) is 11.1 Å². The summed E-state index contributed by atoms with van der Waals surface area (Å²) in [5, 5.41) is 22.3. The molecule has 0 aliphatic carbocycles. The van der Waals surface area contributed by atoms with Gasteiger partial charge in [0.1, 0.15) is 11.8 Å². The minimum atomic E-state index is -0.657. The topological polar surface area (TPSA) is 122 Å². The lowest BCUT2D eigenvalue weighted by Gasteiger charge is -2.08. The first-order valence-electron chi connectivity index (χ1n) is 5.88. The van der Waals surface area contributed by atoms with E-state index in [-0.39, 0.29) is 22.5 Å². The van der Waals surface area contributed by atoms with E-state index in [0.29, 0.717) is 5.69 Å². The molecule has 2 rings (SSSR count). The molecule has 104 valence electrons. The number of hydrogen-bond donors (Lipinski definition) is 2. The number of nitro groups is 1. The fraction of sp³-hybridized carbons (Fsp3) is 0. The largest absolute Gasteiger partial charge is 0.393 e. The van der Waals surface area contributed by atoms with Crippen LogP contribution in [0.4, 0.5) is 17.1 Å². The number of hydrogen-bond acceptors (Lipinski definition) is 5. The molecule has 0 fully saturated rings. The summed E-state index contributed by atoms with van der Waals surface area (Å²) < 4.78 is 0. The van der Waals surface area contributed by atoms with Crippen LogP contribution < -0.4 is 11.1 Å². The minimum absolute atomic E-state index is 0.0167. The number of nitro benzene ring substituents is 1. The molecular weight excluding hydrogens is 272 g/mol. The molecule has 0 heterocycles. The second-order valence-electron chi connectivity index (χ2n) is 4.11. The molecule has 1 amide bonds. The number of nitriles is 1. The fourth-order valence-electron chi connectivity index (χ4n) is 1.79. The van der Waals surface area contributed by atoms with E-state index in [1.807, 2.05) is 6.07 Å². The van der Waals surface area contributed by atoms with Crippen LogP contribution in [0, 0.1) is 21.4 Å². The third kappa shape index (κ3) is 2.79. The average Bonchev–Trinajstić information content (AvgIpc) is 2.47. The number of nitrogen functional groups attached to an aromatic ring is 1. The zero-order valence-corrected chi connectivity index (χ0v) is 10.7. The fourth-order valence-corrected chi connectivity index (χ4v) is 1.79. The number of carbonyl (C=O) groups excluding carboxylic acids is 1. The predicted octanol–water partition coefficient (Wildman–Crippen LogP) is 2.30. The lowest BCUT2D eigenvalue weighted by atomic mass is 10.1. The summed E-state index contributed by atoms with van der Waals surface area (Å²) in [7, 11) is 0. The molecule has 0 aliphatic heterocycles. The Morgan fingerprint density at radius 2 is 1.95 bits per heavy atom. The maximum atomic E-state index is 12.2. The van der Waals surface area contributed by atoms with Crippen LogP contribution in [-0.2, 0) is 0 Å². The van der Waals surface area contributed by atoms with Gasteiger partial charge < -0.3 is 11.1 Å². The van der Waals surface area contributed by atoms with E-state index in [4.69, 9.17) is 11.0 Å². The molecular formula is C14H10N4O3. The first kappa shape index (κ1) is 14.0. The van der Waals surface area contributed by atoms with Crippen LogP contribution in [0.1, 0.15) is 15.9 Å². The first-order valence-corrected chi connectivity index (χ1v) is 5.88. The summed E-state index contributed by atoms with van der Waals surface area (Å²) in [5.74, 6) is -0.612. The van der Waals surface area contributed by atoms with Crippen molar-refractivity contribution in [3.8, 4) is 6.07 Å². The van der Waals surface area contributed by atoms with Gasteiger partial charge in [-0.2, -0.15) is 5.26 Å². The van der Waals surface area contributed by atoms with Crippen LogP contribution in [0.5, 0.6) is 0 Å². The molecule has 3 N–H and O–H groups in total. The van der Waals surface area contributed by atoms with Gasteiger partial charge in [-0.25, -0.2) is 0 Å². The Morgan fingerprint density at radius 3 is 2.62 bits per heavy atom. The molecule has 7 heteroatoms. The quantitative estimate of drug-likeness (QED) is 0.508. The zero-order valence-electron chi connectivity index (χ0n) is 10.7. The van der Waals surface area contributed by atoms with Gasteiger partial charge in [0.05, 0.1) is 21.7 Å². The molecule has 0 bridgehead atoms. The number of amides is 1. The second kappa shape index (κ2) is 5.71. The highest BCUT2D eigenvalue weighted by atomic mass is 16.6. The number of para-hydroxylation sites is 2. The van der Waals surface area contributed by atoms with Gasteiger partial charge >= 0.3 is 0 Å². The molecule has 7 nitrogen and oxygen atoms in total. The predicted molar refractivity (Wildman–Crippen MR) is 76.6 cm³/mol. The highest BCUT2D eigenvalue weighted by molar-refractivity contribution is 6.09. The van der Waals surface area contributed by atoms with Crippen molar-refractivity contribution in [3.05, 3.63) is 63.7 Å². The van der Waals surface area contributed by atoms with E-state index < -0.39 is 10.8 Å². The van der Waals surface area contributed by atoms with Crippen LogP contribution >= 0.6 is 0 Å². The van der Waals surface area contributed by atoms with Crippen molar-refractivity contribution in [2.24, 2.45) is 0 Å². The number of nitrogens with two attached hydrogens (primary N) is 1. The minimum Gasteiger partial charge on any atom is -0.393 e. The van der Waals surface area contributed by atoms with Gasteiger partial charge in [0.25, 0.3) is 11.6 Å². The summed E-state index contributed by atoms with van der Waals surface area (Å²) >= 11 is 0. The van der Waals surface area contributed by atoms with Crippen molar-refractivity contribution in [1.29, 1.82) is 5.26 Å². The van der Waals surface area contributed by atoms with Gasteiger partial charge in [-0.3, -0.25) is 14.9 Å². The van der Waals surface area contributed by atoms with Crippen LogP contribution in [-0.4, -0.2) is 10.8 Å². The molecule has 2 aromatic carbocycles. The third-order valence-corrected chi connectivity index (χ3v) is 2.82. The molecule has 0 aromatic heterocycles. The number of nitrogens with zero attached hydrogens (tertiary/aromatic N) is 2. The Bertz CT molecular complexity index is 765. The molecule has 0 spiro atoms. The number of rotatable bonds is 3. The van der Waals surface area contributed by atoms with Crippen LogP contribution in [0.25, 0.3) is 0 Å².